The van der Waals surface area contributed by atoms with Gasteiger partial charge >= 0.3 is 5.76 Å². The summed E-state index contributed by atoms with van der Waals surface area (Å²) < 4.78 is 11.7. The molecule has 0 N–H and O–H groups in total. The minimum Gasteiger partial charge on any atom is -0.408 e. The number of nitrogens with zero attached hydrogens (tertiary/aromatic N) is 1. The maximum absolute atomic E-state index is 11.3. The third kappa shape index (κ3) is 1.23. The van der Waals surface area contributed by atoms with Crippen molar-refractivity contribution >= 4 is 22.7 Å². The molecule has 1 aromatic heterocycles. The molecule has 0 aliphatic carbocycles. The number of rotatable bonds is 1. The summed E-state index contributed by atoms with van der Waals surface area (Å²) in [7, 11) is 1.68. The number of fused-ring (bicyclic) bond motifs is 1. The van der Waals surface area contributed by atoms with Crippen LogP contribution in [0.4, 0.5) is 0 Å². The Morgan fingerprint density at radius 1 is 1.44 bits per heavy atom. The summed E-state index contributed by atoms with van der Waals surface area (Å²) in [5, 5.41) is 0. The molecule has 0 atom stereocenters. The quantitative estimate of drug-likeness (QED) is 0.710. The van der Waals surface area contributed by atoms with Gasteiger partial charge in [-0.3, -0.25) is 4.57 Å². The lowest BCUT2D eigenvalue weighted by Gasteiger charge is -2.35. The average Bonchev–Trinajstić information content (AvgIpc) is 2.51. The van der Waals surface area contributed by atoms with Crippen LogP contribution in [0.1, 0.15) is 5.56 Å². The molecule has 1 fully saturated rings. The number of halogens is 1. The Morgan fingerprint density at radius 3 is 2.81 bits per heavy atom. The zero-order valence-electron chi connectivity index (χ0n) is 8.70. The number of hydrogen-bond donors (Lipinski definition) is 0. The molecule has 3 rings (SSSR count). The summed E-state index contributed by atoms with van der Waals surface area (Å²) in [4.78, 5) is 10.9. The van der Waals surface area contributed by atoms with Gasteiger partial charge < -0.3 is 9.15 Å². The number of aromatic nitrogens is 1. The van der Waals surface area contributed by atoms with Crippen molar-refractivity contribution in [3.8, 4) is 0 Å². The predicted octanol–water partition coefficient (Wildman–Crippen LogP) is 1.60. The van der Waals surface area contributed by atoms with Crippen LogP contribution in [0.3, 0.4) is 0 Å². The van der Waals surface area contributed by atoms with Gasteiger partial charge in [0, 0.05) is 7.05 Å². The first kappa shape index (κ1) is 9.93. The van der Waals surface area contributed by atoms with Crippen molar-refractivity contribution in [3.05, 3.63) is 34.3 Å². The van der Waals surface area contributed by atoms with Crippen LogP contribution in [0.2, 0.25) is 0 Å². The summed E-state index contributed by atoms with van der Waals surface area (Å²) in [6, 6.07) is 5.57. The number of hydrogen-bond acceptors (Lipinski definition) is 3. The van der Waals surface area contributed by atoms with E-state index in [-0.39, 0.29) is 5.76 Å². The topological polar surface area (TPSA) is 44.4 Å². The molecule has 2 heterocycles. The SMILES string of the molecule is Cn1c(=O)oc2cc(C3(Cl)COC3)ccc21. The molecule has 0 spiro atoms. The van der Waals surface area contributed by atoms with Crippen molar-refractivity contribution in [1.82, 2.24) is 4.57 Å². The second kappa shape index (κ2) is 3.12. The molecular formula is C11H10ClNO3. The van der Waals surface area contributed by atoms with E-state index in [0.29, 0.717) is 18.8 Å². The van der Waals surface area contributed by atoms with Crippen molar-refractivity contribution < 1.29 is 9.15 Å². The molecule has 2 aromatic rings. The number of oxazole rings is 1. The van der Waals surface area contributed by atoms with Gasteiger partial charge in [-0.25, -0.2) is 4.79 Å². The van der Waals surface area contributed by atoms with Crippen LogP contribution < -0.4 is 5.76 Å². The molecular weight excluding hydrogens is 230 g/mol. The van der Waals surface area contributed by atoms with Gasteiger partial charge in [0.25, 0.3) is 0 Å². The predicted molar refractivity (Wildman–Crippen MR) is 59.8 cm³/mol. The monoisotopic (exact) mass is 239 g/mol. The van der Waals surface area contributed by atoms with Gasteiger partial charge in [-0.1, -0.05) is 6.07 Å². The Morgan fingerprint density at radius 2 is 2.19 bits per heavy atom. The number of aryl methyl sites for hydroxylation is 1. The molecule has 0 radical (unpaired) electrons. The van der Waals surface area contributed by atoms with Crippen molar-refractivity contribution in [3.63, 3.8) is 0 Å². The van der Waals surface area contributed by atoms with Crippen LogP contribution in [-0.2, 0) is 16.7 Å². The molecule has 0 unspecified atom stereocenters. The molecule has 1 saturated heterocycles. The smallest absolute Gasteiger partial charge is 0.408 e. The molecule has 5 heteroatoms. The van der Waals surface area contributed by atoms with E-state index in [9.17, 15) is 4.79 Å². The number of alkyl halides is 1. The lowest BCUT2D eigenvalue weighted by molar-refractivity contribution is -0.0151. The van der Waals surface area contributed by atoms with E-state index in [0.717, 1.165) is 11.1 Å². The molecule has 0 bridgehead atoms. The highest BCUT2D eigenvalue weighted by Gasteiger charge is 2.38. The lowest BCUT2D eigenvalue weighted by atomic mass is 9.96. The highest BCUT2D eigenvalue weighted by atomic mass is 35.5. The largest absolute Gasteiger partial charge is 0.419 e. The van der Waals surface area contributed by atoms with Crippen molar-refractivity contribution in [2.75, 3.05) is 13.2 Å². The minimum absolute atomic E-state index is 0.361. The first-order valence-electron chi connectivity index (χ1n) is 4.97. The fraction of sp³-hybridized carbons (Fsp3) is 0.364. The van der Waals surface area contributed by atoms with Crippen molar-refractivity contribution in [1.29, 1.82) is 0 Å². The van der Waals surface area contributed by atoms with E-state index in [1.54, 1.807) is 7.05 Å². The third-order valence-corrected chi connectivity index (χ3v) is 3.41. The lowest BCUT2D eigenvalue weighted by Crippen LogP contribution is -2.41. The Hall–Kier alpha value is -1.26. The second-order valence-electron chi connectivity index (χ2n) is 4.07. The van der Waals surface area contributed by atoms with Gasteiger partial charge in [0.05, 0.1) is 18.7 Å². The van der Waals surface area contributed by atoms with Crippen LogP contribution in [0.25, 0.3) is 11.1 Å². The molecule has 0 saturated carbocycles. The zero-order chi connectivity index (χ0) is 11.3. The van der Waals surface area contributed by atoms with E-state index in [1.165, 1.54) is 4.57 Å². The molecule has 1 aromatic carbocycles. The van der Waals surface area contributed by atoms with Crippen LogP contribution >= 0.6 is 11.6 Å². The van der Waals surface area contributed by atoms with Gasteiger partial charge in [-0.15, -0.1) is 11.6 Å². The van der Waals surface area contributed by atoms with E-state index >= 15 is 0 Å². The first-order valence-corrected chi connectivity index (χ1v) is 5.35. The van der Waals surface area contributed by atoms with Gasteiger partial charge in [-0.05, 0) is 17.7 Å². The molecule has 16 heavy (non-hydrogen) atoms. The Labute approximate surface area is 96.4 Å². The minimum atomic E-state index is -0.456. The van der Waals surface area contributed by atoms with Crippen molar-refractivity contribution in [2.45, 2.75) is 4.87 Å². The Balaban J connectivity index is 2.20. The first-order chi connectivity index (χ1) is 7.60. The van der Waals surface area contributed by atoms with Gasteiger partial charge in [0.1, 0.15) is 4.87 Å². The maximum Gasteiger partial charge on any atom is 0.419 e. The molecule has 4 nitrogen and oxygen atoms in total. The van der Waals surface area contributed by atoms with Crippen molar-refractivity contribution in [2.24, 2.45) is 7.05 Å². The number of benzene rings is 1. The van der Waals surface area contributed by atoms with Gasteiger partial charge in [-0.2, -0.15) is 0 Å². The summed E-state index contributed by atoms with van der Waals surface area (Å²) >= 11 is 6.33. The van der Waals surface area contributed by atoms with E-state index in [1.807, 2.05) is 18.2 Å². The Bertz CT molecular complexity index is 609. The van der Waals surface area contributed by atoms with Gasteiger partial charge in [0.15, 0.2) is 5.58 Å². The van der Waals surface area contributed by atoms with Crippen LogP contribution in [-0.4, -0.2) is 17.8 Å². The fourth-order valence-electron chi connectivity index (χ4n) is 1.86. The Kier molecular flexibility index (Phi) is 1.94. The third-order valence-electron chi connectivity index (χ3n) is 2.97. The maximum atomic E-state index is 11.3. The van der Waals surface area contributed by atoms with Crippen LogP contribution in [0.15, 0.2) is 27.4 Å². The second-order valence-corrected chi connectivity index (χ2v) is 4.79. The highest BCUT2D eigenvalue weighted by molar-refractivity contribution is 6.24. The molecule has 1 aliphatic rings. The number of ether oxygens (including phenoxy) is 1. The molecule has 1 aliphatic heterocycles. The summed E-state index contributed by atoms with van der Waals surface area (Å²) in [6.45, 7) is 0.994. The molecule has 84 valence electrons. The van der Waals surface area contributed by atoms with Crippen LogP contribution in [0.5, 0.6) is 0 Å². The summed E-state index contributed by atoms with van der Waals surface area (Å²) in [6.07, 6.45) is 0. The normalized spacial score (nSPS) is 18.6. The van der Waals surface area contributed by atoms with Crippen LogP contribution in [0, 0.1) is 0 Å². The average molecular weight is 240 g/mol. The fourth-order valence-corrected chi connectivity index (χ4v) is 2.13. The van der Waals surface area contributed by atoms with Gasteiger partial charge in [0.2, 0.25) is 0 Å². The van der Waals surface area contributed by atoms with E-state index < -0.39 is 4.87 Å². The summed E-state index contributed by atoms with van der Waals surface area (Å²) in [5.41, 5.74) is 2.27. The zero-order valence-corrected chi connectivity index (χ0v) is 9.45. The van der Waals surface area contributed by atoms with E-state index in [4.69, 9.17) is 20.8 Å². The summed E-state index contributed by atoms with van der Waals surface area (Å²) in [5.74, 6) is -0.361. The molecule has 0 amide bonds. The van der Waals surface area contributed by atoms with E-state index in [2.05, 4.69) is 0 Å². The highest BCUT2D eigenvalue weighted by Crippen LogP contribution is 2.37. The standard InChI is InChI=1S/C11H10ClNO3/c1-13-8-3-2-7(11(12)5-15-6-11)4-9(8)16-10(13)14/h2-4H,5-6H2,1H3.